The van der Waals surface area contributed by atoms with Gasteiger partial charge < -0.3 is 25.9 Å². The van der Waals surface area contributed by atoms with Gasteiger partial charge in [-0.1, -0.05) is 128 Å². The maximum absolute atomic E-state index is 12.2. The van der Waals surface area contributed by atoms with Gasteiger partial charge in [-0.15, -0.1) is 5.60 Å². The molecule has 13 nitrogen and oxygen atoms in total. The number of nitrogens with zero attached hydrogens (tertiary/aromatic N) is 8. The van der Waals surface area contributed by atoms with Crippen molar-refractivity contribution in [3.8, 4) is 17.4 Å². The largest absolute Gasteiger partial charge is 1.00 e. The van der Waals surface area contributed by atoms with Crippen molar-refractivity contribution in [2.24, 2.45) is 0 Å². The Morgan fingerprint density at radius 2 is 1.05 bits per heavy atom. The molecule has 6 aromatic heterocycles. The minimum absolute atomic E-state index is 0. The summed E-state index contributed by atoms with van der Waals surface area (Å²) in [5.74, 6) is 2.09. The number of H-pyrrole nitrogens is 1. The summed E-state index contributed by atoms with van der Waals surface area (Å²) in [7, 11) is 0. The molecule has 0 atom stereocenters. The first-order valence-corrected chi connectivity index (χ1v) is 24.4. The SMILES string of the molecule is CC(C)(C)[O-].Cc1cc2ccccc2[nH]1.Cc1cc2ccccc2n1-c1cncc(Cl)n1.Cc1cc2ccccc2n1-c1cncc(Nc2ccc(OC(F)F)cc2)n1.Cc1ccc(N)cc1.Clc1cncc(Cl)n1.[K+]. The Labute approximate surface area is 498 Å². The summed E-state index contributed by atoms with van der Waals surface area (Å²) in [6.45, 7) is 10.2. The molecule has 76 heavy (non-hydrogen) atoms. The molecular formula is C57H55Cl3F2KN11O2. The number of ether oxygens (including phenoxy) is 1. The molecule has 0 aliphatic heterocycles. The summed E-state index contributed by atoms with van der Waals surface area (Å²) in [6.07, 6.45) is 9.40. The standard InChI is InChI=1S/C20H16F2N4O.C13H10ClN3.C9H9N.C7H9N.C4H2Cl2N2.C4H9O.K/c1-13-10-14-4-2-3-5-17(14)26(13)19-12-23-11-18(25-19)24-15-6-8-16(9-7-15)27-20(21)22;1-9-6-10-4-2-3-5-11(10)17(9)13-8-15-7-12(14)16-13;1-7-6-8-4-2-3-5-9(8)10-7;1-6-2-4-7(8)5-3-6;5-3-1-7-2-4(6)8-3;1-4(2,3)5;/h2-12,20H,1H3,(H,24,25);2-8H,1H3;2-6,10H,1H3;2-5H,8H2,1H3;1-2H;1-3H3;/q;;;;;-1;+1. The van der Waals surface area contributed by atoms with Gasteiger partial charge in [0, 0.05) is 44.7 Å². The molecule has 0 saturated carbocycles. The van der Waals surface area contributed by atoms with Gasteiger partial charge in [-0.2, -0.15) is 8.78 Å². The third-order valence-corrected chi connectivity index (χ3v) is 10.7. The van der Waals surface area contributed by atoms with Crippen LogP contribution in [0.15, 0.2) is 177 Å². The van der Waals surface area contributed by atoms with Gasteiger partial charge in [-0.3, -0.25) is 24.1 Å². The molecular weight excluding hydrogens is 1050 g/mol. The molecule has 4 N–H and O–H groups in total. The van der Waals surface area contributed by atoms with E-state index in [2.05, 4.69) is 106 Å². The molecule has 0 unspecified atom stereocenters. The predicted molar refractivity (Wildman–Crippen MR) is 299 cm³/mol. The summed E-state index contributed by atoms with van der Waals surface area (Å²) in [6, 6.07) is 44.9. The van der Waals surface area contributed by atoms with Crippen LogP contribution in [0.5, 0.6) is 5.75 Å². The number of aromatic nitrogens is 9. The molecule has 6 heterocycles. The Kier molecular flexibility index (Phi) is 23.3. The number of nitrogens with one attached hydrogen (secondary N) is 2. The van der Waals surface area contributed by atoms with E-state index in [-0.39, 0.29) is 57.1 Å². The van der Waals surface area contributed by atoms with Crippen molar-refractivity contribution in [3.63, 3.8) is 0 Å². The second-order valence-electron chi connectivity index (χ2n) is 17.6. The number of aromatic amines is 1. The molecule has 5 aromatic carbocycles. The van der Waals surface area contributed by atoms with Crippen LogP contribution in [0.1, 0.15) is 43.4 Å². The molecule has 0 aliphatic carbocycles. The van der Waals surface area contributed by atoms with Crippen LogP contribution in [-0.2, 0) is 0 Å². The Bertz CT molecular complexity index is 3470. The summed E-state index contributed by atoms with van der Waals surface area (Å²) < 4.78 is 32.9. The molecule has 0 bridgehead atoms. The van der Waals surface area contributed by atoms with E-state index in [4.69, 9.17) is 40.5 Å². The number of nitrogens with two attached hydrogens (primary N) is 1. The van der Waals surface area contributed by atoms with Crippen LogP contribution in [0, 0.1) is 27.7 Å². The van der Waals surface area contributed by atoms with E-state index in [0.717, 1.165) is 39.3 Å². The minimum atomic E-state index is -2.84. The van der Waals surface area contributed by atoms with Crippen LogP contribution in [-0.4, -0.2) is 56.2 Å². The number of fused-ring (bicyclic) bond motifs is 3. The average Bonchev–Trinajstić information content (AvgIpc) is 4.03. The van der Waals surface area contributed by atoms with Crippen molar-refractivity contribution in [1.29, 1.82) is 0 Å². The van der Waals surface area contributed by atoms with E-state index in [1.165, 1.54) is 58.3 Å². The van der Waals surface area contributed by atoms with Gasteiger partial charge in [-0.25, -0.2) is 15.0 Å². The first kappa shape index (κ1) is 60.6. The number of halogens is 5. The first-order chi connectivity index (χ1) is 35.8. The number of anilines is 3. The number of hydrogen-bond acceptors (Lipinski definition) is 10. The van der Waals surface area contributed by atoms with Crippen molar-refractivity contribution < 1.29 is 70.0 Å². The maximum Gasteiger partial charge on any atom is 1.00 e. The van der Waals surface area contributed by atoms with Gasteiger partial charge in [0.15, 0.2) is 17.5 Å². The Morgan fingerprint density at radius 3 is 1.53 bits per heavy atom. The smallest absolute Gasteiger partial charge is 0.850 e. The number of aryl methyl sites for hydroxylation is 4. The third kappa shape index (κ3) is 19.4. The number of hydrogen-bond donors (Lipinski definition) is 3. The quantitative estimate of drug-likeness (QED) is 0.107. The van der Waals surface area contributed by atoms with Gasteiger partial charge in [0.2, 0.25) is 0 Å². The summed E-state index contributed by atoms with van der Waals surface area (Å²) in [5, 5.41) is 17.9. The zero-order chi connectivity index (χ0) is 54.1. The second-order valence-corrected chi connectivity index (χ2v) is 18.7. The molecule has 0 fully saturated rings. The van der Waals surface area contributed by atoms with Gasteiger partial charge in [0.1, 0.15) is 21.2 Å². The molecule has 11 aromatic rings. The van der Waals surface area contributed by atoms with E-state index in [1.807, 2.05) is 90.6 Å². The zero-order valence-electron chi connectivity index (χ0n) is 43.2. The third-order valence-electron chi connectivity index (χ3n) is 10.1. The van der Waals surface area contributed by atoms with Crippen LogP contribution < -0.4 is 72.3 Å². The molecule has 0 saturated heterocycles. The number of para-hydroxylation sites is 3. The summed E-state index contributed by atoms with van der Waals surface area (Å²) >= 11 is 16.7. The summed E-state index contributed by atoms with van der Waals surface area (Å²) in [5.41, 5.74) is 14.2. The number of nitrogen functional groups attached to an aromatic ring is 1. The van der Waals surface area contributed by atoms with Crippen LogP contribution in [0.4, 0.5) is 26.0 Å². The van der Waals surface area contributed by atoms with Crippen molar-refractivity contribution in [2.75, 3.05) is 11.1 Å². The molecule has 0 aliphatic rings. The van der Waals surface area contributed by atoms with Crippen molar-refractivity contribution >= 4 is 84.7 Å². The normalized spacial score (nSPS) is 10.5. The second kappa shape index (κ2) is 29.3. The molecule has 19 heteroatoms. The zero-order valence-corrected chi connectivity index (χ0v) is 48.6. The topological polar surface area (TPSA) is 173 Å². The van der Waals surface area contributed by atoms with Crippen molar-refractivity contribution in [3.05, 3.63) is 215 Å². The number of alkyl halides is 2. The average molecular weight is 1110 g/mol. The number of benzene rings is 5. The van der Waals surface area contributed by atoms with E-state index < -0.39 is 12.2 Å². The van der Waals surface area contributed by atoms with Crippen LogP contribution in [0.3, 0.4) is 0 Å². The summed E-state index contributed by atoms with van der Waals surface area (Å²) in [4.78, 5) is 27.8. The fourth-order valence-corrected chi connectivity index (χ4v) is 7.61. The fourth-order valence-electron chi connectivity index (χ4n) is 7.13. The van der Waals surface area contributed by atoms with Crippen LogP contribution in [0.25, 0.3) is 44.3 Å². The monoisotopic (exact) mass is 1110 g/mol. The van der Waals surface area contributed by atoms with Gasteiger partial charge in [0.05, 0.1) is 48.2 Å². The van der Waals surface area contributed by atoms with Crippen molar-refractivity contribution in [1.82, 2.24) is 44.0 Å². The molecule has 11 rings (SSSR count). The fraction of sp³-hybridized carbons (Fsp3) is 0.158. The molecule has 386 valence electrons. The van der Waals surface area contributed by atoms with E-state index in [1.54, 1.807) is 51.5 Å². The molecule has 0 amide bonds. The minimum Gasteiger partial charge on any atom is -0.850 e. The van der Waals surface area contributed by atoms with Gasteiger partial charge in [-0.05, 0) is 106 Å². The first-order valence-electron chi connectivity index (χ1n) is 23.3. The number of rotatable bonds is 6. The van der Waals surface area contributed by atoms with Gasteiger partial charge >= 0.3 is 58.0 Å². The Balaban J connectivity index is 0.000000186. The van der Waals surface area contributed by atoms with E-state index in [0.29, 0.717) is 32.8 Å². The van der Waals surface area contributed by atoms with Crippen LogP contribution in [0.2, 0.25) is 15.5 Å². The Hall–Kier alpha value is -6.31. The molecule has 0 spiro atoms. The van der Waals surface area contributed by atoms with E-state index >= 15 is 0 Å². The molecule has 0 radical (unpaired) electrons. The van der Waals surface area contributed by atoms with Crippen LogP contribution >= 0.6 is 34.8 Å². The van der Waals surface area contributed by atoms with E-state index in [9.17, 15) is 13.9 Å². The van der Waals surface area contributed by atoms with Gasteiger partial charge in [0.25, 0.3) is 0 Å². The Morgan fingerprint density at radius 1 is 0.592 bits per heavy atom. The maximum atomic E-state index is 12.2. The van der Waals surface area contributed by atoms with Crippen molar-refractivity contribution in [2.45, 2.75) is 60.7 Å². The predicted octanol–water partition coefficient (Wildman–Crippen LogP) is 11.4.